The van der Waals surface area contributed by atoms with Crippen LogP contribution in [0.15, 0.2) is 0 Å². The molecule has 0 aromatic heterocycles. The zero-order valence-corrected chi connectivity index (χ0v) is 5.64. The Balaban J connectivity index is -0.00000000167. The molecule has 0 aromatic carbocycles. The molecule has 0 aliphatic carbocycles. The minimum absolute atomic E-state index is 0. The van der Waals surface area contributed by atoms with Crippen molar-refractivity contribution in [3.63, 3.8) is 0 Å². The van der Waals surface area contributed by atoms with Crippen LogP contribution in [0.25, 0.3) is 0 Å². The van der Waals surface area contributed by atoms with Crippen molar-refractivity contribution in [3.8, 4) is 0 Å². The van der Waals surface area contributed by atoms with Crippen LogP contribution >= 0.6 is 0 Å². The maximum Gasteiger partial charge on any atom is 2.00 e. The van der Waals surface area contributed by atoms with Gasteiger partial charge in [-0.2, -0.15) is 0 Å². The first-order valence-electron chi connectivity index (χ1n) is 0.204. The second-order valence-corrected chi connectivity index (χ2v) is 0. The fourth-order valence-corrected chi connectivity index (χ4v) is 0. The van der Waals surface area contributed by atoms with Crippen LogP contribution in [-0.4, -0.2) is 47.9 Å². The summed E-state index contributed by atoms with van der Waals surface area (Å²) in [5.41, 5.74) is 0. The summed E-state index contributed by atoms with van der Waals surface area (Å²) in [6.07, 6.45) is 0. The van der Waals surface area contributed by atoms with E-state index in [1.165, 1.54) is 0 Å². The predicted molar refractivity (Wildman–Crippen MR) is 13.6 cm³/mol. The summed E-state index contributed by atoms with van der Waals surface area (Å²) < 4.78 is 8.06. The van der Waals surface area contributed by atoms with Gasteiger partial charge < -0.3 is 11.0 Å². The summed E-state index contributed by atoms with van der Waals surface area (Å²) in [6, 6.07) is 0. The predicted octanol–water partition coefficient (Wildman–Crippen LogP) is -1.12. The molecular formula is CaO3Si. The monoisotopic (exact) mass is 116 g/mol. The van der Waals surface area contributed by atoms with Gasteiger partial charge in [0.1, 0.15) is 0 Å². The average Bonchev–Trinajstić information content (AvgIpc) is 1.00. The molecule has 0 radical (unpaired) electrons. The second-order valence-electron chi connectivity index (χ2n) is 0. The molecule has 24 valence electrons. The van der Waals surface area contributed by atoms with Crippen LogP contribution in [0.1, 0.15) is 0 Å². The van der Waals surface area contributed by atoms with Crippen molar-refractivity contribution in [1.29, 1.82) is 0 Å². The molecule has 0 saturated carbocycles. The molecule has 3 nitrogen and oxygen atoms in total. The quantitative estimate of drug-likeness (QED) is 0.369. The molecule has 0 spiro atoms. The second kappa shape index (κ2) is 63.9. The van der Waals surface area contributed by atoms with Gasteiger partial charge in [-0.25, -0.2) is 0 Å². The molecule has 0 aliphatic rings. The Morgan fingerprint density at radius 1 is 1.00 bits per heavy atom. The van der Waals surface area contributed by atoms with Gasteiger partial charge in [-0.05, 0) is 0 Å². The van der Waals surface area contributed by atoms with Crippen LogP contribution in [0.3, 0.4) is 0 Å². The normalized spacial score (nSPS) is 1.20. The molecule has 0 bridgehead atoms. The van der Waals surface area contributed by atoms with E-state index < -0.39 is 0 Å². The fraction of sp³-hybridized carbons (Fsp3) is 0. The first-order valence-corrected chi connectivity index (χ1v) is 0.612. The minimum atomic E-state index is 0. The Hall–Kier alpha value is 1.20. The SMILES string of the molecule is O=[Si+2].[Ca+2].[O-2].[O-2]. The first kappa shape index (κ1) is 34.7. The molecule has 0 amide bonds. The molecule has 0 aliphatic heterocycles. The Morgan fingerprint density at radius 3 is 1.00 bits per heavy atom. The Labute approximate surface area is 62.8 Å². The van der Waals surface area contributed by atoms with Gasteiger partial charge in [0, 0.05) is 0 Å². The van der Waals surface area contributed by atoms with Gasteiger partial charge in [-0.15, -0.1) is 0 Å². The molecule has 0 atom stereocenters. The largest absolute Gasteiger partial charge is 2.00 e. The minimum Gasteiger partial charge on any atom is -2.00 e. The van der Waals surface area contributed by atoms with Gasteiger partial charge in [0.2, 0.25) is 0 Å². The van der Waals surface area contributed by atoms with Gasteiger partial charge in [0.25, 0.3) is 0 Å². The summed E-state index contributed by atoms with van der Waals surface area (Å²) in [4.78, 5) is 0. The molecule has 0 N–H and O–H groups in total. The zero-order chi connectivity index (χ0) is 2.00. The van der Waals surface area contributed by atoms with E-state index in [2.05, 4.69) is 0 Å². The number of rotatable bonds is 0. The molecule has 0 fully saturated rings. The van der Waals surface area contributed by atoms with Crippen LogP contribution < -0.4 is 0 Å². The van der Waals surface area contributed by atoms with Crippen molar-refractivity contribution in [1.82, 2.24) is 0 Å². The van der Waals surface area contributed by atoms with Crippen molar-refractivity contribution in [2.45, 2.75) is 0 Å². The standard InChI is InChI=1S/Ca.OSi.2O/c;1-2;;/q2*+2;2*-2. The molecule has 0 aromatic rings. The summed E-state index contributed by atoms with van der Waals surface area (Å²) in [5.74, 6) is 0. The number of hydrogen-bond donors (Lipinski definition) is 0. The van der Waals surface area contributed by atoms with Crippen molar-refractivity contribution in [3.05, 3.63) is 0 Å². The molecule has 5 heteroatoms. The van der Waals surface area contributed by atoms with E-state index in [1.807, 2.05) is 0 Å². The summed E-state index contributed by atoms with van der Waals surface area (Å²) in [7, 11) is 1.72. The van der Waals surface area contributed by atoms with E-state index in [4.69, 9.17) is 4.46 Å². The molecular weight excluding hydrogens is 116 g/mol. The molecule has 0 heterocycles. The third kappa shape index (κ3) is 37.1. The van der Waals surface area contributed by atoms with E-state index >= 15 is 0 Å². The maximum atomic E-state index is 8.06. The van der Waals surface area contributed by atoms with E-state index in [0.717, 1.165) is 0 Å². The third-order valence-corrected chi connectivity index (χ3v) is 0. The Morgan fingerprint density at radius 2 is 1.00 bits per heavy atom. The van der Waals surface area contributed by atoms with Gasteiger partial charge in [0.05, 0.1) is 0 Å². The maximum absolute atomic E-state index is 8.06. The summed E-state index contributed by atoms with van der Waals surface area (Å²) >= 11 is 0. The number of hydrogen-bond acceptors (Lipinski definition) is 1. The van der Waals surface area contributed by atoms with E-state index in [0.29, 0.717) is 0 Å². The fourth-order valence-electron chi connectivity index (χ4n) is 0. The molecule has 0 rings (SSSR count). The van der Waals surface area contributed by atoms with Crippen LogP contribution in [0, 0.1) is 0 Å². The summed E-state index contributed by atoms with van der Waals surface area (Å²) in [6.45, 7) is 0. The molecule has 0 unspecified atom stereocenters. The molecule has 0 saturated heterocycles. The van der Waals surface area contributed by atoms with E-state index in [-0.39, 0.29) is 48.7 Å². The molecule has 5 heavy (non-hydrogen) atoms. The van der Waals surface area contributed by atoms with Crippen LogP contribution in [0.5, 0.6) is 0 Å². The smallest absolute Gasteiger partial charge is 2.00 e. The van der Waals surface area contributed by atoms with Gasteiger partial charge in [-0.3, -0.25) is 0 Å². The Kier molecular flexibility index (Phi) is 443. The summed E-state index contributed by atoms with van der Waals surface area (Å²) in [5, 5.41) is 0. The van der Waals surface area contributed by atoms with Crippen molar-refractivity contribution in [2.75, 3.05) is 0 Å². The van der Waals surface area contributed by atoms with E-state index in [1.54, 1.807) is 10.1 Å². The average molecular weight is 116 g/mol. The topological polar surface area (TPSA) is 74.1 Å². The van der Waals surface area contributed by atoms with Crippen LogP contribution in [0.4, 0.5) is 0 Å². The zero-order valence-electron chi connectivity index (χ0n) is 2.43. The van der Waals surface area contributed by atoms with Gasteiger partial charge in [-0.1, -0.05) is 0 Å². The van der Waals surface area contributed by atoms with Gasteiger partial charge in [0.15, 0.2) is 0 Å². The van der Waals surface area contributed by atoms with Gasteiger partial charge >= 0.3 is 52.3 Å². The van der Waals surface area contributed by atoms with Crippen molar-refractivity contribution >= 4 is 47.9 Å². The van der Waals surface area contributed by atoms with Crippen molar-refractivity contribution in [2.24, 2.45) is 0 Å². The first-order chi connectivity index (χ1) is 1.00. The van der Waals surface area contributed by atoms with Crippen LogP contribution in [-0.2, 0) is 15.4 Å². The van der Waals surface area contributed by atoms with Crippen molar-refractivity contribution < 1.29 is 15.4 Å². The third-order valence-electron chi connectivity index (χ3n) is 0. The van der Waals surface area contributed by atoms with Crippen LogP contribution in [0.2, 0.25) is 0 Å². The van der Waals surface area contributed by atoms with E-state index in [9.17, 15) is 0 Å². The Bertz CT molecular complexity index is 6.85.